The fourth-order valence-corrected chi connectivity index (χ4v) is 4.51. The molecule has 5 nitrogen and oxygen atoms in total. The minimum atomic E-state index is -0.343. The fraction of sp³-hybridized carbons (Fsp3) is 0.526. The summed E-state index contributed by atoms with van der Waals surface area (Å²) in [6, 6.07) is 5.41. The summed E-state index contributed by atoms with van der Waals surface area (Å²) < 4.78 is 0. The summed E-state index contributed by atoms with van der Waals surface area (Å²) in [4.78, 5) is 38.0. The van der Waals surface area contributed by atoms with Gasteiger partial charge in [0.15, 0.2) is 0 Å². The molecular formula is C19H25BrN2O3S. The quantitative estimate of drug-likeness (QED) is 0.198. The molecule has 1 saturated heterocycles. The molecule has 0 aliphatic carbocycles. The molecule has 0 aromatic heterocycles. The smallest absolute Gasteiger partial charge is 0.243 e. The van der Waals surface area contributed by atoms with E-state index in [9.17, 15) is 14.4 Å². The molecule has 1 aliphatic rings. The molecule has 1 unspecified atom stereocenters. The molecule has 1 N–H and O–H groups in total. The Kier molecular flexibility index (Phi) is 8.81. The number of amides is 2. The van der Waals surface area contributed by atoms with Gasteiger partial charge in [-0.3, -0.25) is 24.6 Å². The lowest BCUT2D eigenvalue weighted by atomic mass is 10.0. The number of unbranched alkanes of at least 4 members (excludes halogenated alkanes) is 2. The van der Waals surface area contributed by atoms with Gasteiger partial charge in [-0.25, -0.2) is 0 Å². The number of hydrogen-bond donors (Lipinski definition) is 1. The topological polar surface area (TPSA) is 66.5 Å². The van der Waals surface area contributed by atoms with Crippen LogP contribution in [0.1, 0.15) is 48.0 Å². The highest BCUT2D eigenvalue weighted by molar-refractivity contribution is 9.09. The van der Waals surface area contributed by atoms with Crippen molar-refractivity contribution in [1.82, 2.24) is 10.2 Å². The summed E-state index contributed by atoms with van der Waals surface area (Å²) in [6.07, 6.45) is 5.22. The van der Waals surface area contributed by atoms with Crippen molar-refractivity contribution in [1.29, 1.82) is 0 Å². The third kappa shape index (κ3) is 5.93. The van der Waals surface area contributed by atoms with E-state index in [1.807, 2.05) is 30.1 Å². The molecule has 0 radical (unpaired) electrons. The van der Waals surface area contributed by atoms with Crippen LogP contribution in [0.3, 0.4) is 0 Å². The van der Waals surface area contributed by atoms with Gasteiger partial charge in [-0.2, -0.15) is 0 Å². The first-order chi connectivity index (χ1) is 12.6. The summed E-state index contributed by atoms with van der Waals surface area (Å²) >= 11 is 5.21. The lowest BCUT2D eigenvalue weighted by Crippen LogP contribution is -2.51. The number of benzene rings is 1. The highest BCUT2D eigenvalue weighted by Crippen LogP contribution is 2.28. The molecule has 2 amide bonds. The predicted molar refractivity (Wildman–Crippen MR) is 108 cm³/mol. The van der Waals surface area contributed by atoms with Crippen molar-refractivity contribution < 1.29 is 14.4 Å². The average Bonchev–Trinajstić information content (AvgIpc) is 2.62. The van der Waals surface area contributed by atoms with Crippen LogP contribution in [-0.2, 0) is 16.1 Å². The lowest BCUT2D eigenvalue weighted by molar-refractivity contribution is -0.137. The second-order valence-corrected chi connectivity index (χ2v) is 8.35. The third-order valence-electron chi connectivity index (χ3n) is 4.48. The van der Waals surface area contributed by atoms with Gasteiger partial charge in [0.05, 0.1) is 6.04 Å². The molecule has 2 rings (SSSR count). The van der Waals surface area contributed by atoms with E-state index in [2.05, 4.69) is 21.2 Å². The Morgan fingerprint density at radius 1 is 1.31 bits per heavy atom. The average molecular weight is 441 g/mol. The Balaban J connectivity index is 2.07. The van der Waals surface area contributed by atoms with Crippen LogP contribution in [0.4, 0.5) is 0 Å². The maximum Gasteiger partial charge on any atom is 0.243 e. The second kappa shape index (κ2) is 10.8. The van der Waals surface area contributed by atoms with Gasteiger partial charge in [-0.1, -0.05) is 34.5 Å². The zero-order valence-corrected chi connectivity index (χ0v) is 17.4. The Labute approximate surface area is 167 Å². The third-order valence-corrected chi connectivity index (χ3v) is 6.23. The van der Waals surface area contributed by atoms with Gasteiger partial charge in [0.1, 0.15) is 6.29 Å². The molecule has 1 atom stereocenters. The number of hydrogen-bond acceptors (Lipinski definition) is 5. The van der Waals surface area contributed by atoms with E-state index in [4.69, 9.17) is 0 Å². The zero-order valence-electron chi connectivity index (χ0n) is 15.0. The molecule has 7 heteroatoms. The Morgan fingerprint density at radius 2 is 2.12 bits per heavy atom. The van der Waals surface area contributed by atoms with E-state index in [0.717, 1.165) is 34.2 Å². The van der Waals surface area contributed by atoms with Gasteiger partial charge < -0.3 is 0 Å². The zero-order chi connectivity index (χ0) is 18.9. The molecule has 142 valence electrons. The minimum Gasteiger partial charge on any atom is -0.298 e. The number of nitrogens with zero attached hydrogens (tertiary/aromatic N) is 1. The number of carbonyl (C=O) groups is 3. The van der Waals surface area contributed by atoms with Gasteiger partial charge in [-0.05, 0) is 43.7 Å². The number of halogens is 1. The first-order valence-electron chi connectivity index (χ1n) is 8.86. The van der Waals surface area contributed by atoms with E-state index in [0.29, 0.717) is 24.9 Å². The SMILES string of the molecule is CN(Cc1c(C=O)cccc1SCCCCCBr)C1CCC(=O)NC1=O. The number of carbonyl (C=O) groups excluding carboxylic acids is 3. The summed E-state index contributed by atoms with van der Waals surface area (Å²) in [5, 5.41) is 3.42. The number of nitrogens with one attached hydrogen (secondary N) is 1. The fourth-order valence-electron chi connectivity index (χ4n) is 3.02. The summed E-state index contributed by atoms with van der Waals surface area (Å²) in [7, 11) is 1.87. The largest absolute Gasteiger partial charge is 0.298 e. The van der Waals surface area contributed by atoms with Crippen molar-refractivity contribution in [2.24, 2.45) is 0 Å². The number of thioether (sulfide) groups is 1. The molecule has 1 aromatic carbocycles. The van der Waals surface area contributed by atoms with Crippen molar-refractivity contribution in [3.63, 3.8) is 0 Å². The number of likely N-dealkylation sites (N-methyl/N-ethyl adjacent to an activating group) is 1. The molecular weight excluding hydrogens is 416 g/mol. The van der Waals surface area contributed by atoms with E-state index >= 15 is 0 Å². The van der Waals surface area contributed by atoms with Gasteiger partial charge in [-0.15, -0.1) is 11.8 Å². The van der Waals surface area contributed by atoms with Crippen molar-refractivity contribution in [2.45, 2.75) is 49.6 Å². The van der Waals surface area contributed by atoms with Crippen molar-refractivity contribution in [2.75, 3.05) is 18.1 Å². The van der Waals surface area contributed by atoms with Crippen LogP contribution in [0.5, 0.6) is 0 Å². The minimum absolute atomic E-state index is 0.215. The standard InChI is InChI=1S/C19H25BrN2O3S/c1-22(16-8-9-18(24)21-19(16)25)12-15-14(13-23)6-5-7-17(15)26-11-4-2-3-10-20/h5-7,13,16H,2-4,8-12H2,1H3,(H,21,24,25). The van der Waals surface area contributed by atoms with Gasteiger partial charge >= 0.3 is 0 Å². The van der Waals surface area contributed by atoms with Crippen LogP contribution >= 0.6 is 27.7 Å². The van der Waals surface area contributed by atoms with Crippen LogP contribution in [0.15, 0.2) is 23.1 Å². The number of imide groups is 1. The van der Waals surface area contributed by atoms with Gasteiger partial charge in [0.25, 0.3) is 0 Å². The van der Waals surface area contributed by atoms with E-state index in [-0.39, 0.29) is 17.9 Å². The molecule has 1 fully saturated rings. The monoisotopic (exact) mass is 440 g/mol. The van der Waals surface area contributed by atoms with Crippen LogP contribution in [0.25, 0.3) is 0 Å². The van der Waals surface area contributed by atoms with Crippen molar-refractivity contribution >= 4 is 45.8 Å². The Morgan fingerprint density at radius 3 is 2.81 bits per heavy atom. The van der Waals surface area contributed by atoms with Gasteiger partial charge in [0, 0.05) is 28.8 Å². The van der Waals surface area contributed by atoms with Crippen LogP contribution < -0.4 is 5.32 Å². The van der Waals surface area contributed by atoms with E-state index < -0.39 is 0 Å². The molecule has 1 heterocycles. The van der Waals surface area contributed by atoms with Crippen LogP contribution in [0.2, 0.25) is 0 Å². The summed E-state index contributed by atoms with van der Waals surface area (Å²) in [6.45, 7) is 0.505. The second-order valence-electron chi connectivity index (χ2n) is 6.42. The number of alkyl halides is 1. The molecule has 0 saturated carbocycles. The number of rotatable bonds is 10. The molecule has 1 aliphatic heterocycles. The number of aldehydes is 1. The predicted octanol–water partition coefficient (Wildman–Crippen LogP) is 3.39. The highest BCUT2D eigenvalue weighted by Gasteiger charge is 2.30. The van der Waals surface area contributed by atoms with Crippen molar-refractivity contribution in [3.05, 3.63) is 29.3 Å². The molecule has 0 spiro atoms. The lowest BCUT2D eigenvalue weighted by Gasteiger charge is -2.30. The maximum atomic E-state index is 12.1. The Hall–Kier alpha value is -1.18. The first kappa shape index (κ1) is 21.1. The van der Waals surface area contributed by atoms with Gasteiger partial charge in [0.2, 0.25) is 11.8 Å². The normalized spacial score (nSPS) is 17.4. The molecule has 1 aromatic rings. The van der Waals surface area contributed by atoms with E-state index in [1.165, 1.54) is 12.8 Å². The maximum absolute atomic E-state index is 12.1. The first-order valence-corrected chi connectivity index (χ1v) is 11.0. The van der Waals surface area contributed by atoms with Crippen LogP contribution in [0, 0.1) is 0 Å². The van der Waals surface area contributed by atoms with Crippen molar-refractivity contribution in [3.8, 4) is 0 Å². The Bertz CT molecular complexity index is 654. The number of piperidine rings is 1. The molecule has 26 heavy (non-hydrogen) atoms. The summed E-state index contributed by atoms with van der Waals surface area (Å²) in [5.74, 6) is 0.536. The summed E-state index contributed by atoms with van der Waals surface area (Å²) in [5.41, 5.74) is 1.62. The highest BCUT2D eigenvalue weighted by atomic mass is 79.9. The van der Waals surface area contributed by atoms with E-state index in [1.54, 1.807) is 11.8 Å². The van der Waals surface area contributed by atoms with Crippen LogP contribution in [-0.4, -0.2) is 47.2 Å². The molecule has 0 bridgehead atoms.